The molecule has 0 aliphatic heterocycles. The Kier molecular flexibility index (Phi) is 6.08. The lowest BCUT2D eigenvalue weighted by Gasteiger charge is -2.30. The second-order valence-electron chi connectivity index (χ2n) is 7.33. The largest absolute Gasteiger partial charge is 0.396 e. The third-order valence-electron chi connectivity index (χ3n) is 5.32. The molecule has 5 nitrogen and oxygen atoms in total. The zero-order valence-corrected chi connectivity index (χ0v) is 14.7. The average Bonchev–Trinajstić information content (AvgIpc) is 3.47. The Labute approximate surface area is 149 Å². The Balaban J connectivity index is 1.63. The summed E-state index contributed by atoms with van der Waals surface area (Å²) in [5.41, 5.74) is 1.22. The Hall–Kier alpha value is -1.88. The highest BCUT2D eigenvalue weighted by Crippen LogP contribution is 2.30. The van der Waals surface area contributed by atoms with Crippen molar-refractivity contribution >= 4 is 17.5 Å². The predicted molar refractivity (Wildman–Crippen MR) is 97.3 cm³/mol. The van der Waals surface area contributed by atoms with E-state index in [9.17, 15) is 14.7 Å². The number of aliphatic hydroxyl groups excluding tert-OH is 1. The first-order chi connectivity index (χ1) is 12.2. The highest BCUT2D eigenvalue weighted by molar-refractivity contribution is 5.98. The van der Waals surface area contributed by atoms with Crippen LogP contribution >= 0.6 is 0 Å². The molecule has 1 aromatic carbocycles. The summed E-state index contributed by atoms with van der Waals surface area (Å²) in [5, 5.41) is 15.3. The number of rotatable bonds is 7. The van der Waals surface area contributed by atoms with Gasteiger partial charge in [0.1, 0.15) is 0 Å². The lowest BCUT2D eigenvalue weighted by molar-refractivity contribution is -0.117. The van der Waals surface area contributed by atoms with Crippen LogP contribution in [-0.4, -0.2) is 29.6 Å². The first-order valence-electron chi connectivity index (χ1n) is 9.50. The van der Waals surface area contributed by atoms with Crippen molar-refractivity contribution < 1.29 is 14.7 Å². The Bertz CT molecular complexity index is 607. The van der Waals surface area contributed by atoms with Gasteiger partial charge in [-0.15, -0.1) is 0 Å². The molecule has 2 amide bonds. The molecule has 3 rings (SSSR count). The van der Waals surface area contributed by atoms with E-state index < -0.39 is 0 Å². The molecule has 0 radical (unpaired) electrons. The van der Waals surface area contributed by atoms with Crippen LogP contribution in [0.2, 0.25) is 0 Å². The zero-order chi connectivity index (χ0) is 17.6. The fourth-order valence-corrected chi connectivity index (χ4v) is 3.68. The van der Waals surface area contributed by atoms with Gasteiger partial charge in [0.05, 0.1) is 0 Å². The number of hydrogen-bond acceptors (Lipinski definition) is 3. The van der Waals surface area contributed by atoms with Crippen molar-refractivity contribution in [3.05, 3.63) is 29.8 Å². The number of carbonyl (C=O) groups excluding carboxylic acids is 2. The fourth-order valence-electron chi connectivity index (χ4n) is 3.68. The van der Waals surface area contributed by atoms with Gasteiger partial charge in [0, 0.05) is 29.8 Å². The maximum absolute atomic E-state index is 12.7. The lowest BCUT2D eigenvalue weighted by atomic mass is 9.82. The predicted octanol–water partition coefficient (Wildman–Crippen LogP) is 3.10. The summed E-state index contributed by atoms with van der Waals surface area (Å²) in [4.78, 5) is 24.5. The lowest BCUT2D eigenvalue weighted by Crippen LogP contribution is -2.41. The maximum atomic E-state index is 12.7. The normalized spacial score (nSPS) is 19.2. The topological polar surface area (TPSA) is 78.4 Å². The monoisotopic (exact) mass is 344 g/mol. The van der Waals surface area contributed by atoms with E-state index in [0.717, 1.165) is 25.7 Å². The van der Waals surface area contributed by atoms with E-state index in [0.29, 0.717) is 23.6 Å². The van der Waals surface area contributed by atoms with Crippen LogP contribution in [0.5, 0.6) is 0 Å². The molecule has 2 aliphatic carbocycles. The third-order valence-corrected chi connectivity index (χ3v) is 5.32. The molecular formula is C20H28N2O3. The summed E-state index contributed by atoms with van der Waals surface area (Å²) in [5.74, 6) is 0.491. The molecule has 2 saturated carbocycles. The molecule has 136 valence electrons. The highest BCUT2D eigenvalue weighted by Gasteiger charge is 2.29. The molecule has 0 saturated heterocycles. The number of carbonyl (C=O) groups is 2. The van der Waals surface area contributed by atoms with Gasteiger partial charge in [-0.2, -0.15) is 0 Å². The van der Waals surface area contributed by atoms with Gasteiger partial charge in [-0.1, -0.05) is 25.3 Å². The minimum absolute atomic E-state index is 0.0162. The van der Waals surface area contributed by atoms with E-state index in [1.54, 1.807) is 18.2 Å². The molecule has 1 aromatic rings. The smallest absolute Gasteiger partial charge is 0.251 e. The quantitative estimate of drug-likeness (QED) is 0.711. The van der Waals surface area contributed by atoms with Gasteiger partial charge >= 0.3 is 0 Å². The van der Waals surface area contributed by atoms with Crippen LogP contribution in [0.25, 0.3) is 0 Å². The molecule has 1 atom stereocenters. The van der Waals surface area contributed by atoms with E-state index in [2.05, 4.69) is 10.6 Å². The molecule has 2 aliphatic rings. The Morgan fingerprint density at radius 3 is 2.56 bits per heavy atom. The van der Waals surface area contributed by atoms with Crippen molar-refractivity contribution in [1.29, 1.82) is 0 Å². The molecule has 1 unspecified atom stereocenters. The number of nitrogens with one attached hydrogen (secondary N) is 2. The van der Waals surface area contributed by atoms with Crippen LogP contribution in [-0.2, 0) is 4.79 Å². The van der Waals surface area contributed by atoms with E-state index >= 15 is 0 Å². The molecule has 3 N–H and O–H groups in total. The number of hydrogen-bond donors (Lipinski definition) is 3. The molecule has 2 fully saturated rings. The SMILES string of the molecule is O=C(NC(CCO)C1CCCCC1)c1cccc(NC(=O)C2CC2)c1. The van der Waals surface area contributed by atoms with Crippen molar-refractivity contribution in [2.24, 2.45) is 11.8 Å². The third kappa shape index (κ3) is 5.05. The van der Waals surface area contributed by atoms with E-state index in [-0.39, 0.29) is 30.4 Å². The van der Waals surface area contributed by atoms with Crippen LogP contribution in [0.1, 0.15) is 61.7 Å². The summed E-state index contributed by atoms with van der Waals surface area (Å²) >= 11 is 0. The minimum atomic E-state index is -0.133. The fraction of sp³-hybridized carbons (Fsp3) is 0.600. The van der Waals surface area contributed by atoms with Crippen molar-refractivity contribution in [1.82, 2.24) is 5.32 Å². The van der Waals surface area contributed by atoms with Crippen molar-refractivity contribution in [3.63, 3.8) is 0 Å². The average molecular weight is 344 g/mol. The summed E-state index contributed by atoms with van der Waals surface area (Å²) in [7, 11) is 0. The van der Waals surface area contributed by atoms with Crippen LogP contribution in [0, 0.1) is 11.8 Å². The molecular weight excluding hydrogens is 316 g/mol. The number of anilines is 1. The minimum Gasteiger partial charge on any atom is -0.396 e. The second-order valence-corrected chi connectivity index (χ2v) is 7.33. The molecule has 0 heterocycles. The van der Waals surface area contributed by atoms with Crippen molar-refractivity contribution in [2.45, 2.75) is 57.4 Å². The van der Waals surface area contributed by atoms with Gasteiger partial charge < -0.3 is 15.7 Å². The van der Waals surface area contributed by atoms with E-state index in [1.807, 2.05) is 6.07 Å². The summed E-state index contributed by atoms with van der Waals surface area (Å²) in [6, 6.07) is 7.11. The highest BCUT2D eigenvalue weighted by atomic mass is 16.3. The molecule has 0 spiro atoms. The van der Waals surface area contributed by atoms with Gasteiger partial charge in [-0.05, 0) is 56.2 Å². The zero-order valence-electron chi connectivity index (χ0n) is 14.7. The molecule has 25 heavy (non-hydrogen) atoms. The Morgan fingerprint density at radius 1 is 1.12 bits per heavy atom. The number of aliphatic hydroxyl groups is 1. The second kappa shape index (κ2) is 8.48. The van der Waals surface area contributed by atoms with Crippen LogP contribution in [0.3, 0.4) is 0 Å². The van der Waals surface area contributed by atoms with Crippen LogP contribution in [0.15, 0.2) is 24.3 Å². The summed E-state index contributed by atoms with van der Waals surface area (Å²) in [6.07, 6.45) is 8.39. The molecule has 5 heteroatoms. The maximum Gasteiger partial charge on any atom is 0.251 e. The van der Waals surface area contributed by atoms with Crippen molar-refractivity contribution in [3.8, 4) is 0 Å². The first-order valence-corrected chi connectivity index (χ1v) is 9.50. The van der Waals surface area contributed by atoms with E-state index in [4.69, 9.17) is 0 Å². The number of benzene rings is 1. The van der Waals surface area contributed by atoms with Gasteiger partial charge in [0.25, 0.3) is 5.91 Å². The van der Waals surface area contributed by atoms with E-state index in [1.165, 1.54) is 19.3 Å². The van der Waals surface area contributed by atoms with Crippen molar-refractivity contribution in [2.75, 3.05) is 11.9 Å². The molecule has 0 bridgehead atoms. The summed E-state index contributed by atoms with van der Waals surface area (Å²) < 4.78 is 0. The first kappa shape index (κ1) is 17.9. The summed E-state index contributed by atoms with van der Waals surface area (Å²) in [6.45, 7) is 0.0823. The standard InChI is InChI=1S/C20H28N2O3/c23-12-11-18(14-5-2-1-3-6-14)22-20(25)16-7-4-8-17(13-16)21-19(24)15-9-10-15/h4,7-8,13-15,18,23H,1-3,5-6,9-12H2,(H,21,24)(H,22,25). The Morgan fingerprint density at radius 2 is 1.88 bits per heavy atom. The molecule has 0 aromatic heterocycles. The van der Waals surface area contributed by atoms with Crippen LogP contribution in [0.4, 0.5) is 5.69 Å². The van der Waals surface area contributed by atoms with Crippen LogP contribution < -0.4 is 10.6 Å². The van der Waals surface area contributed by atoms with Gasteiger partial charge in [-0.25, -0.2) is 0 Å². The number of amides is 2. The van der Waals surface area contributed by atoms with Gasteiger partial charge in [0.15, 0.2) is 0 Å². The van der Waals surface area contributed by atoms with Gasteiger partial charge in [-0.3, -0.25) is 9.59 Å². The van der Waals surface area contributed by atoms with Gasteiger partial charge in [0.2, 0.25) is 5.91 Å².